The Morgan fingerprint density at radius 3 is 2.61 bits per heavy atom. The van der Waals surface area contributed by atoms with Crippen LogP contribution >= 0.6 is 0 Å². The van der Waals surface area contributed by atoms with Crippen LogP contribution in [0.4, 0.5) is 15.1 Å². The van der Waals surface area contributed by atoms with Crippen LogP contribution in [0.2, 0.25) is 0 Å². The van der Waals surface area contributed by atoms with E-state index in [1.54, 1.807) is 18.2 Å². The second-order valence-corrected chi connectivity index (χ2v) is 7.40. The smallest absolute Gasteiger partial charge is 0.413 e. The van der Waals surface area contributed by atoms with E-state index in [1.807, 2.05) is 6.92 Å². The molecule has 2 rings (SSSR count). The highest BCUT2D eigenvalue weighted by molar-refractivity contribution is 5.83. The number of hydrogen-bond acceptors (Lipinski definition) is 6. The average Bonchev–Trinajstić information content (AvgIpc) is 2.64. The van der Waals surface area contributed by atoms with Gasteiger partial charge in [0.2, 0.25) is 5.95 Å². The van der Waals surface area contributed by atoms with Crippen molar-refractivity contribution in [2.24, 2.45) is 11.7 Å². The van der Waals surface area contributed by atoms with Crippen LogP contribution in [0, 0.1) is 5.92 Å². The molecule has 1 atom stereocenters. The molecular formula is C19H26FN5O3. The molecule has 9 heteroatoms. The number of nitrogens with zero attached hydrogens (tertiary/aromatic N) is 4. The van der Waals surface area contributed by atoms with Crippen molar-refractivity contribution in [3.63, 3.8) is 0 Å². The lowest BCUT2D eigenvalue weighted by Crippen LogP contribution is -2.43. The molecule has 1 amide bonds. The van der Waals surface area contributed by atoms with E-state index in [9.17, 15) is 9.18 Å². The van der Waals surface area contributed by atoms with Crippen LogP contribution in [0.3, 0.4) is 0 Å². The average molecular weight is 391 g/mol. The number of carbonyl (C=O) groups is 1. The summed E-state index contributed by atoms with van der Waals surface area (Å²) in [5, 5.41) is 9.05. The van der Waals surface area contributed by atoms with Gasteiger partial charge in [0.15, 0.2) is 0 Å². The van der Waals surface area contributed by atoms with Gasteiger partial charge in [0, 0.05) is 18.8 Å². The largest absolute Gasteiger partial charge is 0.490 e. The lowest BCUT2D eigenvalue weighted by Gasteiger charge is -2.27. The number of pyridine rings is 1. The zero-order valence-electron chi connectivity index (χ0n) is 16.5. The van der Waals surface area contributed by atoms with Crippen molar-refractivity contribution in [1.29, 1.82) is 0 Å². The van der Waals surface area contributed by atoms with E-state index in [2.05, 4.69) is 28.8 Å². The van der Waals surface area contributed by atoms with Gasteiger partial charge in [-0.2, -0.15) is 0 Å². The third-order valence-electron chi connectivity index (χ3n) is 3.98. The molecule has 28 heavy (non-hydrogen) atoms. The minimum atomic E-state index is -1.19. The van der Waals surface area contributed by atoms with Crippen molar-refractivity contribution in [3.8, 4) is 17.1 Å². The van der Waals surface area contributed by atoms with Crippen LogP contribution in [-0.4, -0.2) is 45.3 Å². The molecule has 0 fully saturated rings. The van der Waals surface area contributed by atoms with Crippen LogP contribution in [-0.2, 0) is 6.67 Å². The van der Waals surface area contributed by atoms with Crippen molar-refractivity contribution in [2.75, 3.05) is 18.6 Å². The molecule has 0 saturated heterocycles. The fourth-order valence-electron chi connectivity index (χ4n) is 2.83. The molecular weight excluding hydrogens is 365 g/mol. The predicted octanol–water partition coefficient (Wildman–Crippen LogP) is 3.26. The first-order valence-corrected chi connectivity index (χ1v) is 8.90. The number of alkyl halides is 1. The SMILES string of the molecule is CC(C)C[C@](C)(N)COc1ccc(-c2ccnc(N(C)C(=O)O)n2)nc1CF. The number of amides is 1. The number of aromatic nitrogens is 3. The van der Waals surface area contributed by atoms with Crippen molar-refractivity contribution in [2.45, 2.75) is 39.4 Å². The third-order valence-corrected chi connectivity index (χ3v) is 3.98. The molecule has 0 spiro atoms. The molecule has 2 aromatic heterocycles. The number of ether oxygens (including phenoxy) is 1. The first kappa shape index (κ1) is 21.5. The van der Waals surface area contributed by atoms with Gasteiger partial charge in [0.25, 0.3) is 0 Å². The van der Waals surface area contributed by atoms with Crippen molar-refractivity contribution < 1.29 is 19.0 Å². The quantitative estimate of drug-likeness (QED) is 0.710. The Hall–Kier alpha value is -2.81. The monoisotopic (exact) mass is 391 g/mol. The van der Waals surface area contributed by atoms with Crippen molar-refractivity contribution >= 4 is 12.0 Å². The summed E-state index contributed by atoms with van der Waals surface area (Å²) in [4.78, 5) is 24.3. The highest BCUT2D eigenvalue weighted by Crippen LogP contribution is 2.25. The molecule has 152 valence electrons. The van der Waals surface area contributed by atoms with E-state index < -0.39 is 18.3 Å². The number of rotatable bonds is 8. The lowest BCUT2D eigenvalue weighted by atomic mass is 9.93. The minimum absolute atomic E-state index is 0.00140. The fraction of sp³-hybridized carbons (Fsp3) is 0.474. The summed E-state index contributed by atoms with van der Waals surface area (Å²) >= 11 is 0. The van der Waals surface area contributed by atoms with Gasteiger partial charge < -0.3 is 15.6 Å². The van der Waals surface area contributed by atoms with Crippen LogP contribution in [0.15, 0.2) is 24.4 Å². The Balaban J connectivity index is 2.24. The summed E-state index contributed by atoms with van der Waals surface area (Å²) in [6.07, 6.45) is 0.999. The second kappa shape index (κ2) is 8.92. The molecule has 8 nitrogen and oxygen atoms in total. The lowest BCUT2D eigenvalue weighted by molar-refractivity contribution is 0.203. The first-order valence-electron chi connectivity index (χ1n) is 8.90. The van der Waals surface area contributed by atoms with E-state index in [0.717, 1.165) is 11.3 Å². The van der Waals surface area contributed by atoms with Crippen LogP contribution in [0.25, 0.3) is 11.4 Å². The van der Waals surface area contributed by atoms with Gasteiger partial charge in [-0.1, -0.05) is 13.8 Å². The van der Waals surface area contributed by atoms with Crippen LogP contribution in [0.1, 0.15) is 32.9 Å². The number of hydrogen-bond donors (Lipinski definition) is 2. The predicted molar refractivity (Wildman–Crippen MR) is 104 cm³/mol. The van der Waals surface area contributed by atoms with Crippen LogP contribution < -0.4 is 15.4 Å². The van der Waals surface area contributed by atoms with E-state index in [1.165, 1.54) is 13.2 Å². The van der Waals surface area contributed by atoms with Gasteiger partial charge in [-0.25, -0.2) is 29.0 Å². The number of nitrogens with two attached hydrogens (primary N) is 1. The summed E-state index contributed by atoms with van der Waals surface area (Å²) in [7, 11) is 1.33. The molecule has 2 heterocycles. The number of anilines is 1. The van der Waals surface area contributed by atoms with Gasteiger partial charge in [-0.3, -0.25) is 0 Å². The Labute approximate surface area is 163 Å². The highest BCUT2D eigenvalue weighted by Gasteiger charge is 2.22. The van der Waals surface area contributed by atoms with Crippen molar-refractivity contribution in [1.82, 2.24) is 15.0 Å². The Morgan fingerprint density at radius 1 is 1.32 bits per heavy atom. The Bertz CT molecular complexity index is 829. The van der Waals surface area contributed by atoms with Gasteiger partial charge >= 0.3 is 6.09 Å². The molecule has 0 unspecified atom stereocenters. The molecule has 0 saturated carbocycles. The third kappa shape index (κ3) is 5.59. The van der Waals surface area contributed by atoms with Gasteiger partial charge in [-0.15, -0.1) is 0 Å². The van der Waals surface area contributed by atoms with Gasteiger partial charge in [0.1, 0.15) is 24.7 Å². The highest BCUT2D eigenvalue weighted by atomic mass is 19.1. The second-order valence-electron chi connectivity index (χ2n) is 7.40. The van der Waals surface area contributed by atoms with E-state index in [-0.39, 0.29) is 18.2 Å². The molecule has 3 N–H and O–H groups in total. The molecule has 2 aromatic rings. The number of carboxylic acid groups (broad SMARTS) is 1. The Kier molecular flexibility index (Phi) is 6.85. The molecule has 0 aliphatic rings. The molecule has 0 aromatic carbocycles. The molecule has 0 bridgehead atoms. The minimum Gasteiger partial charge on any atom is -0.490 e. The van der Waals surface area contributed by atoms with Crippen molar-refractivity contribution in [3.05, 3.63) is 30.1 Å². The normalized spacial score (nSPS) is 13.2. The maximum Gasteiger partial charge on any atom is 0.413 e. The summed E-state index contributed by atoms with van der Waals surface area (Å²) < 4.78 is 19.3. The summed E-state index contributed by atoms with van der Waals surface area (Å²) in [5.41, 5.74) is 6.60. The van der Waals surface area contributed by atoms with E-state index in [0.29, 0.717) is 23.1 Å². The van der Waals surface area contributed by atoms with Crippen LogP contribution in [0.5, 0.6) is 5.75 Å². The maximum absolute atomic E-state index is 13.5. The fourth-order valence-corrected chi connectivity index (χ4v) is 2.83. The zero-order chi connectivity index (χ0) is 20.9. The summed E-state index contributed by atoms with van der Waals surface area (Å²) in [6, 6.07) is 4.83. The first-order chi connectivity index (χ1) is 13.1. The zero-order valence-corrected chi connectivity index (χ0v) is 16.5. The standard InChI is InChI=1S/C19H26FN5O3/c1-12(2)9-19(3,21)11-28-16-6-5-13(23-15(16)10-20)14-7-8-22-17(24-14)25(4)18(26)27/h5-8,12H,9-11,21H2,1-4H3,(H,26,27)/t19-/m0/s1. The maximum atomic E-state index is 13.5. The number of halogens is 1. The Morgan fingerprint density at radius 2 is 2.00 bits per heavy atom. The molecule has 0 radical (unpaired) electrons. The molecule has 0 aliphatic heterocycles. The topological polar surface area (TPSA) is 114 Å². The van der Waals surface area contributed by atoms with Gasteiger partial charge in [0.05, 0.1) is 11.4 Å². The molecule has 0 aliphatic carbocycles. The summed E-state index contributed by atoms with van der Waals surface area (Å²) in [6.45, 7) is 5.46. The van der Waals surface area contributed by atoms with E-state index >= 15 is 0 Å². The van der Waals surface area contributed by atoms with E-state index in [4.69, 9.17) is 15.6 Å². The summed E-state index contributed by atoms with van der Waals surface area (Å²) in [5.74, 6) is 0.737. The van der Waals surface area contributed by atoms with Gasteiger partial charge in [-0.05, 0) is 37.5 Å².